The van der Waals surface area contributed by atoms with Gasteiger partial charge in [-0.15, -0.1) is 0 Å². The lowest BCUT2D eigenvalue weighted by molar-refractivity contribution is 0.156. The fourth-order valence-corrected chi connectivity index (χ4v) is 2.55. The quantitative estimate of drug-likeness (QED) is 0.844. The minimum atomic E-state index is 0.211. The molecule has 0 saturated carbocycles. The molecule has 2 N–H and O–H groups in total. The van der Waals surface area contributed by atoms with E-state index in [0.29, 0.717) is 16.9 Å². The van der Waals surface area contributed by atoms with Crippen LogP contribution < -0.4 is 15.4 Å². The van der Waals surface area contributed by atoms with E-state index in [-0.39, 0.29) is 6.10 Å². The van der Waals surface area contributed by atoms with Crippen LogP contribution >= 0.6 is 11.6 Å². The number of hydrogen-bond acceptors (Lipinski definition) is 6. The van der Waals surface area contributed by atoms with E-state index in [1.54, 1.807) is 12.1 Å². The highest BCUT2D eigenvalue weighted by atomic mass is 35.5. The number of halogens is 1. The fourth-order valence-electron chi connectivity index (χ4n) is 2.36. The van der Waals surface area contributed by atoms with E-state index in [0.717, 1.165) is 37.3 Å². The molecule has 6 nitrogen and oxygen atoms in total. The Morgan fingerprint density at radius 1 is 1.27 bits per heavy atom. The molecule has 116 valence electrons. The molecule has 1 aliphatic rings. The summed E-state index contributed by atoms with van der Waals surface area (Å²) in [6.45, 7) is 3.86. The van der Waals surface area contributed by atoms with Crippen LogP contribution in [0.15, 0.2) is 24.5 Å². The zero-order chi connectivity index (χ0) is 15.4. The molecule has 2 aromatic heterocycles. The van der Waals surface area contributed by atoms with E-state index in [2.05, 4.69) is 25.6 Å². The Morgan fingerprint density at radius 3 is 2.86 bits per heavy atom. The molecule has 0 amide bonds. The Balaban J connectivity index is 1.70. The minimum Gasteiger partial charge on any atom is -0.474 e. The molecule has 0 aliphatic carbocycles. The van der Waals surface area contributed by atoms with Crippen molar-refractivity contribution in [3.05, 3.63) is 35.4 Å². The molecular formula is C15H18ClN5O. The molecule has 1 aliphatic heterocycles. The van der Waals surface area contributed by atoms with Crippen molar-refractivity contribution in [2.24, 2.45) is 0 Å². The fraction of sp³-hybridized carbons (Fsp3) is 0.400. The van der Waals surface area contributed by atoms with Gasteiger partial charge in [0.05, 0.1) is 11.4 Å². The maximum Gasteiger partial charge on any atom is 0.218 e. The van der Waals surface area contributed by atoms with E-state index >= 15 is 0 Å². The van der Waals surface area contributed by atoms with Crippen molar-refractivity contribution in [3.63, 3.8) is 0 Å². The third-order valence-electron chi connectivity index (χ3n) is 3.53. The van der Waals surface area contributed by atoms with Crippen LogP contribution in [0.4, 0.5) is 11.5 Å². The van der Waals surface area contributed by atoms with Gasteiger partial charge >= 0.3 is 0 Å². The van der Waals surface area contributed by atoms with Gasteiger partial charge in [0.2, 0.25) is 5.88 Å². The Morgan fingerprint density at radius 2 is 2.09 bits per heavy atom. The molecule has 0 aromatic carbocycles. The second-order valence-corrected chi connectivity index (χ2v) is 5.59. The molecule has 3 rings (SSSR count). The van der Waals surface area contributed by atoms with Crippen molar-refractivity contribution >= 4 is 23.1 Å². The standard InChI is InChI=1S/C15H18ClN5O/c1-10-12(2-3-13(16)20-10)21-14-8-15(19-9-18-14)22-11-4-6-17-7-5-11/h2-3,8-9,11,17H,4-7H2,1H3,(H,18,19,21). The van der Waals surface area contributed by atoms with E-state index in [4.69, 9.17) is 16.3 Å². The van der Waals surface area contributed by atoms with Crippen LogP contribution in [0.3, 0.4) is 0 Å². The van der Waals surface area contributed by atoms with Crippen molar-refractivity contribution in [1.29, 1.82) is 0 Å². The highest BCUT2D eigenvalue weighted by molar-refractivity contribution is 6.29. The Kier molecular flexibility index (Phi) is 4.70. The average molecular weight is 320 g/mol. The monoisotopic (exact) mass is 319 g/mol. The summed E-state index contributed by atoms with van der Waals surface area (Å²) in [6, 6.07) is 5.42. The Labute approximate surface area is 134 Å². The van der Waals surface area contributed by atoms with E-state index in [1.165, 1.54) is 6.33 Å². The molecule has 0 radical (unpaired) electrons. The number of ether oxygens (including phenoxy) is 1. The summed E-state index contributed by atoms with van der Waals surface area (Å²) in [5.74, 6) is 1.26. The smallest absolute Gasteiger partial charge is 0.218 e. The number of pyridine rings is 1. The molecule has 1 fully saturated rings. The van der Waals surface area contributed by atoms with Gasteiger partial charge < -0.3 is 15.4 Å². The van der Waals surface area contributed by atoms with E-state index in [1.807, 2.05) is 13.0 Å². The third kappa shape index (κ3) is 3.84. The zero-order valence-corrected chi connectivity index (χ0v) is 13.1. The molecular weight excluding hydrogens is 302 g/mol. The van der Waals surface area contributed by atoms with Crippen molar-refractivity contribution in [2.45, 2.75) is 25.9 Å². The summed E-state index contributed by atoms with van der Waals surface area (Å²) in [7, 11) is 0. The van der Waals surface area contributed by atoms with Crippen LogP contribution in [0.25, 0.3) is 0 Å². The summed E-state index contributed by atoms with van der Waals surface area (Å²) in [6.07, 6.45) is 3.69. The van der Waals surface area contributed by atoms with Gasteiger partial charge in [-0.25, -0.2) is 15.0 Å². The van der Waals surface area contributed by atoms with Gasteiger partial charge in [0.1, 0.15) is 23.4 Å². The number of nitrogens with one attached hydrogen (secondary N) is 2. The molecule has 0 bridgehead atoms. The Bertz CT molecular complexity index is 646. The molecule has 2 aromatic rings. The summed E-state index contributed by atoms with van der Waals surface area (Å²) >= 11 is 5.86. The van der Waals surface area contributed by atoms with Gasteiger partial charge in [-0.2, -0.15) is 0 Å². The van der Waals surface area contributed by atoms with Gasteiger partial charge in [-0.3, -0.25) is 0 Å². The lowest BCUT2D eigenvalue weighted by Gasteiger charge is -2.23. The highest BCUT2D eigenvalue weighted by Gasteiger charge is 2.15. The normalized spacial score (nSPS) is 15.5. The number of aromatic nitrogens is 3. The Hall–Kier alpha value is -1.92. The third-order valence-corrected chi connectivity index (χ3v) is 3.74. The van der Waals surface area contributed by atoms with Gasteiger partial charge in [-0.1, -0.05) is 11.6 Å². The largest absolute Gasteiger partial charge is 0.474 e. The van der Waals surface area contributed by atoms with Crippen LogP contribution in [-0.4, -0.2) is 34.1 Å². The molecule has 3 heterocycles. The molecule has 0 atom stereocenters. The average Bonchev–Trinajstić information content (AvgIpc) is 2.52. The second-order valence-electron chi connectivity index (χ2n) is 5.20. The molecule has 7 heteroatoms. The first-order valence-corrected chi connectivity index (χ1v) is 7.68. The van der Waals surface area contributed by atoms with Crippen LogP contribution in [0, 0.1) is 6.92 Å². The van der Waals surface area contributed by atoms with Crippen LogP contribution in [-0.2, 0) is 0 Å². The van der Waals surface area contributed by atoms with Gasteiger partial charge in [0.25, 0.3) is 0 Å². The summed E-state index contributed by atoms with van der Waals surface area (Å²) in [5, 5.41) is 7.00. The molecule has 22 heavy (non-hydrogen) atoms. The van der Waals surface area contributed by atoms with Crippen LogP contribution in [0.5, 0.6) is 5.88 Å². The summed E-state index contributed by atoms with van der Waals surface area (Å²) in [4.78, 5) is 12.6. The number of anilines is 2. The minimum absolute atomic E-state index is 0.211. The van der Waals surface area contributed by atoms with Crippen molar-refractivity contribution in [2.75, 3.05) is 18.4 Å². The maximum atomic E-state index is 5.92. The van der Waals surface area contributed by atoms with Gasteiger partial charge in [0.15, 0.2) is 0 Å². The zero-order valence-electron chi connectivity index (χ0n) is 12.3. The van der Waals surface area contributed by atoms with Crippen LogP contribution in [0.1, 0.15) is 18.5 Å². The van der Waals surface area contributed by atoms with E-state index < -0.39 is 0 Å². The molecule has 0 unspecified atom stereocenters. The number of nitrogens with zero attached hydrogens (tertiary/aromatic N) is 3. The first kappa shape index (κ1) is 15.0. The molecule has 0 spiro atoms. The van der Waals surface area contributed by atoms with Crippen LogP contribution in [0.2, 0.25) is 5.15 Å². The first-order chi connectivity index (χ1) is 10.7. The lowest BCUT2D eigenvalue weighted by atomic mass is 10.1. The van der Waals surface area contributed by atoms with Gasteiger partial charge in [-0.05, 0) is 45.0 Å². The summed E-state index contributed by atoms with van der Waals surface area (Å²) in [5.41, 5.74) is 1.67. The number of hydrogen-bond donors (Lipinski definition) is 2. The summed E-state index contributed by atoms with van der Waals surface area (Å²) < 4.78 is 5.92. The SMILES string of the molecule is Cc1nc(Cl)ccc1Nc1cc(OC2CCNCC2)ncn1. The predicted molar refractivity (Wildman–Crippen MR) is 85.8 cm³/mol. The number of piperidine rings is 1. The second kappa shape index (κ2) is 6.89. The first-order valence-electron chi connectivity index (χ1n) is 7.30. The van der Waals surface area contributed by atoms with Crippen molar-refractivity contribution in [1.82, 2.24) is 20.3 Å². The maximum absolute atomic E-state index is 5.92. The lowest BCUT2D eigenvalue weighted by Crippen LogP contribution is -2.34. The van der Waals surface area contributed by atoms with Gasteiger partial charge in [0, 0.05) is 6.07 Å². The topological polar surface area (TPSA) is 72.0 Å². The number of aryl methyl sites for hydroxylation is 1. The predicted octanol–water partition coefficient (Wildman–Crippen LogP) is 2.71. The number of rotatable bonds is 4. The highest BCUT2D eigenvalue weighted by Crippen LogP contribution is 2.22. The van der Waals surface area contributed by atoms with E-state index in [9.17, 15) is 0 Å². The molecule has 1 saturated heterocycles. The van der Waals surface area contributed by atoms with Crippen molar-refractivity contribution in [3.8, 4) is 5.88 Å². The van der Waals surface area contributed by atoms with Crippen molar-refractivity contribution < 1.29 is 4.74 Å².